The van der Waals surface area contributed by atoms with Gasteiger partial charge in [0, 0.05) is 24.9 Å². The predicted molar refractivity (Wildman–Crippen MR) is 66.4 cm³/mol. The zero-order valence-corrected chi connectivity index (χ0v) is 9.78. The highest BCUT2D eigenvalue weighted by molar-refractivity contribution is 5.03. The molecule has 1 aliphatic rings. The Balaban J connectivity index is 1.52. The van der Waals surface area contributed by atoms with Crippen LogP contribution in [0.2, 0.25) is 0 Å². The summed E-state index contributed by atoms with van der Waals surface area (Å²) in [5.41, 5.74) is 1.18. The van der Waals surface area contributed by atoms with Crippen LogP contribution in [-0.2, 0) is 6.42 Å². The Morgan fingerprint density at radius 2 is 2.38 bits per heavy atom. The summed E-state index contributed by atoms with van der Waals surface area (Å²) in [6, 6.07) is 6.10. The number of hydrogen-bond acceptors (Lipinski definition) is 3. The largest absolute Gasteiger partial charge is 0.316 e. The number of nitrogens with zero attached hydrogens (tertiary/aromatic N) is 1. The monoisotopic (exact) mass is 219 g/mol. The molecule has 0 bridgehead atoms. The first-order valence-electron chi connectivity index (χ1n) is 6.26. The molecule has 0 aromatic carbocycles. The summed E-state index contributed by atoms with van der Waals surface area (Å²) in [5.74, 6) is 0.891. The van der Waals surface area contributed by atoms with Crippen LogP contribution in [-0.4, -0.2) is 31.2 Å². The van der Waals surface area contributed by atoms with E-state index in [1.54, 1.807) is 0 Å². The van der Waals surface area contributed by atoms with Crippen molar-refractivity contribution in [2.75, 3.05) is 26.2 Å². The molecule has 2 N–H and O–H groups in total. The maximum atomic E-state index is 4.30. The molecule has 0 spiro atoms. The van der Waals surface area contributed by atoms with E-state index in [4.69, 9.17) is 0 Å². The summed E-state index contributed by atoms with van der Waals surface area (Å²) < 4.78 is 0. The topological polar surface area (TPSA) is 37.0 Å². The highest BCUT2D eigenvalue weighted by Gasteiger charge is 2.12. The molecule has 2 rings (SSSR count). The molecule has 1 unspecified atom stereocenters. The quantitative estimate of drug-likeness (QED) is 0.706. The third-order valence-corrected chi connectivity index (χ3v) is 3.18. The van der Waals surface area contributed by atoms with Gasteiger partial charge in [-0.3, -0.25) is 4.98 Å². The molecule has 0 radical (unpaired) electrons. The van der Waals surface area contributed by atoms with Gasteiger partial charge in [-0.1, -0.05) is 6.07 Å². The molecule has 1 aliphatic heterocycles. The van der Waals surface area contributed by atoms with Crippen LogP contribution in [0, 0.1) is 5.92 Å². The molecule has 0 aliphatic carbocycles. The van der Waals surface area contributed by atoms with Gasteiger partial charge in [-0.25, -0.2) is 0 Å². The maximum Gasteiger partial charge on any atom is 0.0416 e. The molecule has 1 fully saturated rings. The van der Waals surface area contributed by atoms with E-state index in [1.807, 2.05) is 18.3 Å². The molecule has 1 atom stereocenters. The summed E-state index contributed by atoms with van der Waals surface area (Å²) in [4.78, 5) is 4.30. The Bertz CT molecular complexity index is 280. The highest BCUT2D eigenvalue weighted by Crippen LogP contribution is 2.10. The lowest BCUT2D eigenvalue weighted by molar-refractivity contribution is 0.501. The van der Waals surface area contributed by atoms with Crippen molar-refractivity contribution in [1.82, 2.24) is 15.6 Å². The third-order valence-electron chi connectivity index (χ3n) is 3.18. The normalized spacial score (nSPS) is 20.1. The smallest absolute Gasteiger partial charge is 0.0416 e. The molecule has 16 heavy (non-hydrogen) atoms. The van der Waals surface area contributed by atoms with Crippen molar-refractivity contribution in [2.45, 2.75) is 19.3 Å². The summed E-state index contributed by atoms with van der Waals surface area (Å²) >= 11 is 0. The van der Waals surface area contributed by atoms with Gasteiger partial charge in [0.15, 0.2) is 0 Å². The highest BCUT2D eigenvalue weighted by atomic mass is 14.9. The minimum Gasteiger partial charge on any atom is -0.316 e. The Hall–Kier alpha value is -0.930. The van der Waals surface area contributed by atoms with E-state index >= 15 is 0 Å². The lowest BCUT2D eigenvalue weighted by atomic mass is 10.1. The summed E-state index contributed by atoms with van der Waals surface area (Å²) in [5, 5.41) is 6.89. The lowest BCUT2D eigenvalue weighted by Crippen LogP contribution is -2.21. The summed E-state index contributed by atoms with van der Waals surface area (Å²) in [6.45, 7) is 4.59. The van der Waals surface area contributed by atoms with Crippen molar-refractivity contribution >= 4 is 0 Å². The van der Waals surface area contributed by atoms with E-state index in [9.17, 15) is 0 Å². The SMILES string of the molecule is c1ccc(CCNCCC2CCNC2)nc1. The van der Waals surface area contributed by atoms with Gasteiger partial charge in [-0.15, -0.1) is 0 Å². The molecule has 88 valence electrons. The van der Waals surface area contributed by atoms with E-state index in [0.717, 1.165) is 25.4 Å². The first kappa shape index (κ1) is 11.6. The number of aromatic nitrogens is 1. The van der Waals surface area contributed by atoms with Crippen LogP contribution in [0.3, 0.4) is 0 Å². The zero-order chi connectivity index (χ0) is 11.1. The van der Waals surface area contributed by atoms with Crippen LogP contribution in [0.5, 0.6) is 0 Å². The number of hydrogen-bond donors (Lipinski definition) is 2. The average Bonchev–Trinajstić information content (AvgIpc) is 2.83. The number of rotatable bonds is 6. The summed E-state index contributed by atoms with van der Waals surface area (Å²) in [7, 11) is 0. The predicted octanol–water partition coefficient (Wildman–Crippen LogP) is 1.21. The van der Waals surface area contributed by atoms with Crippen LogP contribution in [0.25, 0.3) is 0 Å². The molecular weight excluding hydrogens is 198 g/mol. The van der Waals surface area contributed by atoms with Crippen molar-refractivity contribution in [2.24, 2.45) is 5.92 Å². The second kappa shape index (κ2) is 6.61. The fourth-order valence-corrected chi connectivity index (χ4v) is 2.15. The van der Waals surface area contributed by atoms with Gasteiger partial charge in [-0.2, -0.15) is 0 Å². The van der Waals surface area contributed by atoms with Gasteiger partial charge in [0.2, 0.25) is 0 Å². The maximum absolute atomic E-state index is 4.30. The standard InChI is InChI=1S/C13H21N3/c1-2-7-16-13(3-1)6-10-14-8-4-12-5-9-15-11-12/h1-3,7,12,14-15H,4-6,8-11H2. The van der Waals surface area contributed by atoms with Gasteiger partial charge < -0.3 is 10.6 Å². The fraction of sp³-hybridized carbons (Fsp3) is 0.615. The molecule has 1 aromatic heterocycles. The molecule has 1 aromatic rings. The molecule has 0 amide bonds. The molecule has 3 heteroatoms. The van der Waals surface area contributed by atoms with E-state index in [0.29, 0.717) is 0 Å². The minimum atomic E-state index is 0.891. The molecule has 2 heterocycles. The van der Waals surface area contributed by atoms with Crippen molar-refractivity contribution in [3.63, 3.8) is 0 Å². The van der Waals surface area contributed by atoms with Gasteiger partial charge in [0.1, 0.15) is 0 Å². The van der Waals surface area contributed by atoms with Crippen LogP contribution in [0.4, 0.5) is 0 Å². The van der Waals surface area contributed by atoms with Gasteiger partial charge in [0.05, 0.1) is 0 Å². The number of nitrogens with one attached hydrogen (secondary N) is 2. The first-order valence-corrected chi connectivity index (χ1v) is 6.26. The minimum absolute atomic E-state index is 0.891. The first-order chi connectivity index (χ1) is 7.95. The Morgan fingerprint density at radius 1 is 1.38 bits per heavy atom. The second-order valence-electron chi connectivity index (χ2n) is 4.47. The fourth-order valence-electron chi connectivity index (χ4n) is 2.15. The molecule has 0 saturated carbocycles. The van der Waals surface area contributed by atoms with Crippen LogP contribution >= 0.6 is 0 Å². The van der Waals surface area contributed by atoms with Crippen LogP contribution < -0.4 is 10.6 Å². The lowest BCUT2D eigenvalue weighted by Gasteiger charge is -2.08. The third kappa shape index (κ3) is 3.91. The van der Waals surface area contributed by atoms with E-state index < -0.39 is 0 Å². The van der Waals surface area contributed by atoms with Gasteiger partial charge >= 0.3 is 0 Å². The average molecular weight is 219 g/mol. The van der Waals surface area contributed by atoms with E-state index in [2.05, 4.69) is 21.7 Å². The van der Waals surface area contributed by atoms with Crippen molar-refractivity contribution < 1.29 is 0 Å². The molecular formula is C13H21N3. The zero-order valence-electron chi connectivity index (χ0n) is 9.78. The van der Waals surface area contributed by atoms with Crippen molar-refractivity contribution in [1.29, 1.82) is 0 Å². The number of pyridine rings is 1. The van der Waals surface area contributed by atoms with Crippen molar-refractivity contribution in [3.05, 3.63) is 30.1 Å². The van der Waals surface area contributed by atoms with E-state index in [1.165, 1.54) is 31.6 Å². The van der Waals surface area contributed by atoms with E-state index in [-0.39, 0.29) is 0 Å². The summed E-state index contributed by atoms with van der Waals surface area (Å²) in [6.07, 6.45) is 5.54. The van der Waals surface area contributed by atoms with Gasteiger partial charge in [-0.05, 0) is 50.5 Å². The van der Waals surface area contributed by atoms with Gasteiger partial charge in [0.25, 0.3) is 0 Å². The Kier molecular flexibility index (Phi) is 4.77. The molecule has 1 saturated heterocycles. The Labute approximate surface area is 97.7 Å². The van der Waals surface area contributed by atoms with Crippen LogP contribution in [0.15, 0.2) is 24.4 Å². The van der Waals surface area contributed by atoms with Crippen molar-refractivity contribution in [3.8, 4) is 0 Å². The van der Waals surface area contributed by atoms with Crippen LogP contribution in [0.1, 0.15) is 18.5 Å². The second-order valence-corrected chi connectivity index (χ2v) is 4.47. The molecule has 3 nitrogen and oxygen atoms in total. The Morgan fingerprint density at radius 3 is 3.12 bits per heavy atom.